The first-order valence-electron chi connectivity index (χ1n) is 5.31. The first-order valence-corrected chi connectivity index (χ1v) is 5.84. The number of hydrogen-bond acceptors (Lipinski definition) is 3. The van der Waals surface area contributed by atoms with Crippen molar-refractivity contribution in [1.29, 1.82) is 0 Å². The monoisotopic (exact) mass is 229 g/mol. The molecule has 0 bridgehead atoms. The van der Waals surface area contributed by atoms with E-state index in [9.17, 15) is 0 Å². The number of aromatic nitrogens is 3. The third kappa shape index (κ3) is 2.69. The predicted octanol–water partition coefficient (Wildman–Crippen LogP) is 1.62. The SMILES string of the molecule is COCCc1c(CCl)nnn1CC1CC1. The van der Waals surface area contributed by atoms with E-state index in [0.717, 1.165) is 30.3 Å². The molecule has 1 heterocycles. The van der Waals surface area contributed by atoms with Crippen molar-refractivity contribution >= 4 is 11.6 Å². The average molecular weight is 230 g/mol. The van der Waals surface area contributed by atoms with Crippen molar-refractivity contribution < 1.29 is 4.74 Å². The maximum absolute atomic E-state index is 5.82. The van der Waals surface area contributed by atoms with Crippen LogP contribution in [0, 0.1) is 5.92 Å². The van der Waals surface area contributed by atoms with Gasteiger partial charge in [-0.15, -0.1) is 16.7 Å². The molecule has 1 aromatic heterocycles. The van der Waals surface area contributed by atoms with Gasteiger partial charge in [0, 0.05) is 20.1 Å². The van der Waals surface area contributed by atoms with Crippen LogP contribution in [0.1, 0.15) is 24.2 Å². The standard InChI is InChI=1S/C10H16ClN3O/c1-15-5-4-10-9(6-11)12-13-14(10)7-8-2-3-8/h8H,2-7H2,1H3. The summed E-state index contributed by atoms with van der Waals surface area (Å²) in [4.78, 5) is 0. The molecule has 1 aromatic rings. The van der Waals surface area contributed by atoms with Gasteiger partial charge in [-0.25, -0.2) is 4.68 Å². The number of methoxy groups -OCH3 is 1. The Morgan fingerprint density at radius 2 is 2.33 bits per heavy atom. The van der Waals surface area contributed by atoms with Crippen LogP contribution in [0.4, 0.5) is 0 Å². The number of hydrogen-bond donors (Lipinski definition) is 0. The van der Waals surface area contributed by atoms with E-state index in [1.54, 1.807) is 7.11 Å². The highest BCUT2D eigenvalue weighted by Crippen LogP contribution is 2.31. The van der Waals surface area contributed by atoms with Crippen LogP contribution in [0.5, 0.6) is 0 Å². The predicted molar refractivity (Wildman–Crippen MR) is 57.9 cm³/mol. The molecule has 2 rings (SSSR count). The summed E-state index contributed by atoms with van der Waals surface area (Å²) >= 11 is 5.82. The molecule has 0 radical (unpaired) electrons. The topological polar surface area (TPSA) is 39.9 Å². The van der Waals surface area contributed by atoms with E-state index in [2.05, 4.69) is 10.3 Å². The van der Waals surface area contributed by atoms with Gasteiger partial charge in [-0.2, -0.15) is 0 Å². The quantitative estimate of drug-likeness (QED) is 0.696. The van der Waals surface area contributed by atoms with Crippen LogP contribution in [0.2, 0.25) is 0 Å². The van der Waals surface area contributed by atoms with Crippen molar-refractivity contribution in [3.05, 3.63) is 11.4 Å². The smallest absolute Gasteiger partial charge is 0.101 e. The van der Waals surface area contributed by atoms with Crippen molar-refractivity contribution in [2.45, 2.75) is 31.7 Å². The first-order chi connectivity index (χ1) is 7.35. The van der Waals surface area contributed by atoms with Crippen LogP contribution in [0.25, 0.3) is 0 Å². The van der Waals surface area contributed by atoms with Gasteiger partial charge < -0.3 is 4.74 Å². The lowest BCUT2D eigenvalue weighted by atomic mass is 10.2. The second-order valence-corrected chi connectivity index (χ2v) is 4.25. The Hall–Kier alpha value is -0.610. The maximum atomic E-state index is 5.82. The minimum atomic E-state index is 0.434. The van der Waals surface area contributed by atoms with E-state index in [-0.39, 0.29) is 0 Å². The number of alkyl halides is 1. The van der Waals surface area contributed by atoms with Gasteiger partial charge in [-0.1, -0.05) is 5.21 Å². The molecule has 5 heteroatoms. The van der Waals surface area contributed by atoms with Gasteiger partial charge in [0.1, 0.15) is 5.69 Å². The molecule has 4 nitrogen and oxygen atoms in total. The van der Waals surface area contributed by atoms with E-state index in [1.807, 2.05) is 4.68 Å². The van der Waals surface area contributed by atoms with E-state index < -0.39 is 0 Å². The van der Waals surface area contributed by atoms with Crippen LogP contribution < -0.4 is 0 Å². The Morgan fingerprint density at radius 1 is 1.53 bits per heavy atom. The summed E-state index contributed by atoms with van der Waals surface area (Å²) in [5.41, 5.74) is 2.04. The summed E-state index contributed by atoms with van der Waals surface area (Å²) in [6.45, 7) is 1.69. The van der Waals surface area contributed by atoms with Crippen molar-refractivity contribution in [2.24, 2.45) is 5.92 Å². The minimum absolute atomic E-state index is 0.434. The molecule has 1 fully saturated rings. The second kappa shape index (κ2) is 4.94. The van der Waals surface area contributed by atoms with Crippen LogP contribution in [0.3, 0.4) is 0 Å². The van der Waals surface area contributed by atoms with Crippen molar-refractivity contribution in [3.63, 3.8) is 0 Å². The fraction of sp³-hybridized carbons (Fsp3) is 0.800. The van der Waals surface area contributed by atoms with E-state index in [0.29, 0.717) is 12.5 Å². The number of ether oxygens (including phenoxy) is 1. The van der Waals surface area contributed by atoms with Crippen LogP contribution >= 0.6 is 11.6 Å². The second-order valence-electron chi connectivity index (χ2n) is 3.98. The van der Waals surface area contributed by atoms with Gasteiger partial charge in [0.25, 0.3) is 0 Å². The molecule has 0 spiro atoms. The third-order valence-electron chi connectivity index (χ3n) is 2.72. The molecule has 0 N–H and O–H groups in total. The molecular formula is C10H16ClN3O. The van der Waals surface area contributed by atoms with Gasteiger partial charge in [-0.3, -0.25) is 0 Å². The van der Waals surface area contributed by atoms with Crippen LogP contribution in [-0.4, -0.2) is 28.7 Å². The summed E-state index contributed by atoms with van der Waals surface area (Å²) in [6.07, 6.45) is 3.48. The van der Waals surface area contributed by atoms with E-state index in [4.69, 9.17) is 16.3 Å². The molecule has 0 saturated heterocycles. The maximum Gasteiger partial charge on any atom is 0.101 e. The molecule has 0 unspecified atom stereocenters. The van der Waals surface area contributed by atoms with Crippen molar-refractivity contribution in [3.8, 4) is 0 Å². The Labute approximate surface area is 94.6 Å². The average Bonchev–Trinajstić information content (AvgIpc) is 2.97. The lowest BCUT2D eigenvalue weighted by molar-refractivity contribution is 0.200. The Morgan fingerprint density at radius 3 is 2.93 bits per heavy atom. The fourth-order valence-corrected chi connectivity index (χ4v) is 1.84. The highest BCUT2D eigenvalue weighted by molar-refractivity contribution is 6.16. The fourth-order valence-electron chi connectivity index (χ4n) is 1.64. The van der Waals surface area contributed by atoms with Crippen molar-refractivity contribution in [2.75, 3.05) is 13.7 Å². The van der Waals surface area contributed by atoms with Crippen LogP contribution in [-0.2, 0) is 23.6 Å². The van der Waals surface area contributed by atoms with E-state index in [1.165, 1.54) is 12.8 Å². The summed E-state index contributed by atoms with van der Waals surface area (Å²) in [7, 11) is 1.70. The summed E-state index contributed by atoms with van der Waals surface area (Å²) < 4.78 is 7.07. The van der Waals surface area contributed by atoms with Gasteiger partial charge >= 0.3 is 0 Å². The molecule has 1 saturated carbocycles. The zero-order valence-electron chi connectivity index (χ0n) is 8.95. The Balaban J connectivity index is 2.08. The third-order valence-corrected chi connectivity index (χ3v) is 2.97. The zero-order chi connectivity index (χ0) is 10.7. The lowest BCUT2D eigenvalue weighted by Gasteiger charge is -2.05. The number of rotatable bonds is 6. The van der Waals surface area contributed by atoms with Crippen molar-refractivity contribution in [1.82, 2.24) is 15.0 Å². The molecule has 0 atom stereocenters. The zero-order valence-corrected chi connectivity index (χ0v) is 9.70. The Bertz CT molecular complexity index is 322. The van der Waals surface area contributed by atoms with Crippen LogP contribution in [0.15, 0.2) is 0 Å². The largest absolute Gasteiger partial charge is 0.384 e. The Kier molecular flexibility index (Phi) is 3.59. The van der Waals surface area contributed by atoms with Gasteiger partial charge in [0.05, 0.1) is 18.2 Å². The highest BCUT2D eigenvalue weighted by atomic mass is 35.5. The normalized spacial score (nSPS) is 15.9. The van der Waals surface area contributed by atoms with Gasteiger partial charge in [0.2, 0.25) is 0 Å². The molecule has 1 aliphatic rings. The number of halogens is 1. The molecule has 1 aliphatic carbocycles. The first kappa shape index (κ1) is 10.9. The van der Waals surface area contributed by atoms with Gasteiger partial charge in [0.15, 0.2) is 0 Å². The highest BCUT2D eigenvalue weighted by Gasteiger charge is 2.24. The molecular weight excluding hydrogens is 214 g/mol. The summed E-state index contributed by atoms with van der Waals surface area (Å²) in [5, 5.41) is 8.24. The minimum Gasteiger partial charge on any atom is -0.384 e. The number of nitrogens with zero attached hydrogens (tertiary/aromatic N) is 3. The summed E-state index contributed by atoms with van der Waals surface area (Å²) in [6, 6.07) is 0. The molecule has 0 amide bonds. The summed E-state index contributed by atoms with van der Waals surface area (Å²) in [5.74, 6) is 1.24. The molecule has 0 aromatic carbocycles. The molecule has 15 heavy (non-hydrogen) atoms. The molecule has 0 aliphatic heterocycles. The lowest BCUT2D eigenvalue weighted by Crippen LogP contribution is -2.09. The van der Waals surface area contributed by atoms with Gasteiger partial charge in [-0.05, 0) is 18.8 Å². The van der Waals surface area contributed by atoms with E-state index >= 15 is 0 Å². The molecule has 84 valence electrons.